The molecule has 51 heavy (non-hydrogen) atoms. The minimum absolute atomic E-state index is 0.182. The van der Waals surface area contributed by atoms with Crippen molar-refractivity contribution in [2.45, 2.75) is 0 Å². The quantitative estimate of drug-likeness (QED) is 0.186. The summed E-state index contributed by atoms with van der Waals surface area (Å²) >= 11 is 0. The third-order valence-corrected chi connectivity index (χ3v) is 8.38. The van der Waals surface area contributed by atoms with Gasteiger partial charge in [0.25, 0.3) is 0 Å². The van der Waals surface area contributed by atoms with Gasteiger partial charge in [0.05, 0.1) is 39.8 Å². The largest absolute Gasteiger partial charge is 0.456 e. The maximum atomic E-state index is 9.61. The fourth-order valence-electron chi connectivity index (χ4n) is 6.24. The highest BCUT2D eigenvalue weighted by atomic mass is 16.3. The van der Waals surface area contributed by atoms with E-state index in [0.29, 0.717) is 5.56 Å². The molecule has 6 nitrogen and oxygen atoms in total. The van der Waals surface area contributed by atoms with Crippen LogP contribution in [0.2, 0.25) is 0 Å². The Morgan fingerprint density at radius 3 is 2.04 bits per heavy atom. The van der Waals surface area contributed by atoms with E-state index in [4.69, 9.17) is 33.0 Å². The second-order valence-corrected chi connectivity index (χ2v) is 11.2. The molecule has 0 amide bonds. The molecule has 0 fully saturated rings. The molecule has 0 bridgehead atoms. The molecular weight excluding hydrogens is 629 g/mol. The van der Waals surface area contributed by atoms with Crippen LogP contribution in [0.1, 0.15) is 28.8 Å². The van der Waals surface area contributed by atoms with Gasteiger partial charge in [-0.2, -0.15) is 9.97 Å². The van der Waals surface area contributed by atoms with E-state index in [2.05, 4.69) is 9.97 Å². The highest BCUT2D eigenvalue weighted by molar-refractivity contribution is 6.27. The molecular formula is C45H26N4O2. The van der Waals surface area contributed by atoms with Crippen molar-refractivity contribution in [3.05, 3.63) is 157 Å². The number of aromatic nitrogens is 4. The van der Waals surface area contributed by atoms with Gasteiger partial charge in [-0.25, -0.2) is 4.98 Å². The Bertz CT molecular complexity index is 4330. The first-order valence-corrected chi connectivity index (χ1v) is 15.2. The number of fused-ring (bicyclic) bond motifs is 10. The SMILES string of the molecule is [2H]c1c([2H])c([2H])c(-c2c([2H])c([2H])c([2H])c3oc4c([2H])c(-c5nc(-c6ccccc6)nc(-n6c7c([2H])c([2H])c([2H])c([2H])c7c7c8c(oc9c([2H])c([2H])c([2H])c([2H])c98)c([2H])c([2H])c76)n5)c([2H])c([2H])c4c23)c([2H])c1[2H]. The summed E-state index contributed by atoms with van der Waals surface area (Å²) in [6.45, 7) is 0. The molecule has 0 saturated heterocycles. The van der Waals surface area contributed by atoms with Crippen LogP contribution < -0.4 is 0 Å². The molecule has 11 rings (SSSR count). The third-order valence-electron chi connectivity index (χ3n) is 8.38. The molecule has 0 aliphatic rings. The molecule has 6 heteroatoms. The fraction of sp³-hybridized carbons (Fsp3) is 0. The van der Waals surface area contributed by atoms with Gasteiger partial charge in [-0.15, -0.1) is 0 Å². The van der Waals surface area contributed by atoms with E-state index in [1.807, 2.05) is 0 Å². The maximum absolute atomic E-state index is 9.61. The number of para-hydroxylation sites is 2. The first-order valence-electron chi connectivity index (χ1n) is 25.7. The van der Waals surface area contributed by atoms with Crippen molar-refractivity contribution in [3.8, 4) is 39.9 Å². The summed E-state index contributed by atoms with van der Waals surface area (Å²) in [5.41, 5.74) is -3.78. The van der Waals surface area contributed by atoms with Crippen LogP contribution in [0.15, 0.2) is 166 Å². The van der Waals surface area contributed by atoms with E-state index in [1.54, 1.807) is 30.3 Å². The molecule has 0 N–H and O–H groups in total. The van der Waals surface area contributed by atoms with E-state index in [-0.39, 0.29) is 60.3 Å². The summed E-state index contributed by atoms with van der Waals surface area (Å²) in [5.74, 6) is -1.23. The van der Waals surface area contributed by atoms with Crippen molar-refractivity contribution in [1.82, 2.24) is 19.5 Å². The van der Waals surface area contributed by atoms with E-state index in [9.17, 15) is 9.60 Å². The fourth-order valence-corrected chi connectivity index (χ4v) is 6.24. The number of furan rings is 2. The van der Waals surface area contributed by atoms with Crippen molar-refractivity contribution in [2.24, 2.45) is 0 Å². The Morgan fingerprint density at radius 2 is 1.16 bits per heavy atom. The van der Waals surface area contributed by atoms with E-state index < -0.39 is 167 Å². The van der Waals surface area contributed by atoms with Crippen LogP contribution in [0.5, 0.6) is 0 Å². The number of nitrogens with zero attached hydrogens (tertiary/aromatic N) is 4. The first kappa shape index (κ1) is 14.4. The summed E-state index contributed by atoms with van der Waals surface area (Å²) < 4.78 is 199. The zero-order valence-electron chi connectivity index (χ0n) is 46.5. The summed E-state index contributed by atoms with van der Waals surface area (Å²) in [5, 5.41) is -1.65. The molecule has 0 aliphatic heterocycles. The summed E-state index contributed by atoms with van der Waals surface area (Å²) in [4.78, 5) is 14.0. The molecule has 0 radical (unpaired) electrons. The van der Waals surface area contributed by atoms with Gasteiger partial charge in [0, 0.05) is 43.4 Å². The third kappa shape index (κ3) is 4.20. The maximum Gasteiger partial charge on any atom is 0.238 e. The summed E-state index contributed by atoms with van der Waals surface area (Å²) in [7, 11) is 0. The lowest BCUT2D eigenvalue weighted by molar-refractivity contribution is 0.669. The molecule has 0 atom stereocenters. The van der Waals surface area contributed by atoms with Crippen molar-refractivity contribution < 1.29 is 37.6 Å². The lowest BCUT2D eigenvalue weighted by Gasteiger charge is -2.11. The van der Waals surface area contributed by atoms with E-state index in [1.165, 1.54) is 0 Å². The zero-order chi connectivity index (χ0) is 51.7. The highest BCUT2D eigenvalue weighted by Gasteiger charge is 2.22. The molecule has 7 aromatic carbocycles. The molecule has 0 unspecified atom stereocenters. The molecule has 0 aliphatic carbocycles. The highest BCUT2D eigenvalue weighted by Crippen LogP contribution is 2.42. The number of rotatable bonds is 4. The van der Waals surface area contributed by atoms with Crippen molar-refractivity contribution in [2.75, 3.05) is 0 Å². The number of hydrogen-bond acceptors (Lipinski definition) is 5. The molecule has 0 spiro atoms. The smallest absolute Gasteiger partial charge is 0.238 e. The average Bonchev–Trinajstić information content (AvgIpc) is 4.08. The predicted octanol–water partition coefficient (Wildman–Crippen LogP) is 11.8. The predicted molar refractivity (Wildman–Crippen MR) is 205 cm³/mol. The average molecular weight is 676 g/mol. The lowest BCUT2D eigenvalue weighted by atomic mass is 9.99. The molecule has 11 aromatic rings. The second-order valence-electron chi connectivity index (χ2n) is 11.2. The summed E-state index contributed by atoms with van der Waals surface area (Å²) in [6, 6.07) is -6.91. The Morgan fingerprint density at radius 1 is 0.451 bits per heavy atom. The van der Waals surface area contributed by atoms with E-state index in [0.717, 1.165) is 4.57 Å². The molecule has 4 aromatic heterocycles. The Labute approximate surface area is 320 Å². The lowest BCUT2D eigenvalue weighted by Crippen LogP contribution is -2.06. The zero-order valence-corrected chi connectivity index (χ0v) is 25.5. The van der Waals surface area contributed by atoms with Gasteiger partial charge in [0.15, 0.2) is 11.6 Å². The first-order chi connectivity index (χ1) is 34.0. The normalized spacial score (nSPS) is 17.7. The van der Waals surface area contributed by atoms with Crippen LogP contribution in [0, 0.1) is 0 Å². The van der Waals surface area contributed by atoms with Gasteiger partial charge in [-0.05, 0) is 53.4 Å². The summed E-state index contributed by atoms with van der Waals surface area (Å²) in [6.07, 6.45) is 0. The second kappa shape index (κ2) is 10.7. The van der Waals surface area contributed by atoms with Crippen molar-refractivity contribution in [1.29, 1.82) is 0 Å². The number of benzene rings is 7. The van der Waals surface area contributed by atoms with Gasteiger partial charge in [-0.1, -0.05) is 115 Å². The van der Waals surface area contributed by atoms with Crippen molar-refractivity contribution >= 4 is 65.7 Å². The minimum atomic E-state index is -0.783. The van der Waals surface area contributed by atoms with Gasteiger partial charge >= 0.3 is 0 Å². The van der Waals surface area contributed by atoms with Crippen LogP contribution in [0.4, 0.5) is 0 Å². The number of hydrogen-bond donors (Lipinski definition) is 0. The Kier molecular flexibility index (Phi) is 3.03. The molecule has 0 saturated carbocycles. The van der Waals surface area contributed by atoms with Crippen LogP contribution in [0.3, 0.4) is 0 Å². The monoisotopic (exact) mass is 675 g/mol. The standard InChI is InChI=1S/C45H26N4O2/c1-3-12-27(13-4-1)30-18-11-21-37-40(30)33-23-22-29(26-39(33)51-37)44-46-43(28-14-5-2-6-15-28)47-45(48-44)49-34-19-9-7-16-31(34)41-35(49)24-25-38-42(41)32-17-8-10-20-36(32)50-38/h1-26H/i1D,3D,4D,7D,8D,9D,10D,11D,12D,13D,16D,17D,18D,19D,20D,21D,22D,23D,24D,25D,26D. The van der Waals surface area contributed by atoms with Crippen LogP contribution in [-0.4, -0.2) is 19.5 Å². The molecule has 238 valence electrons. The van der Waals surface area contributed by atoms with Crippen LogP contribution in [0.25, 0.3) is 106 Å². The van der Waals surface area contributed by atoms with Gasteiger partial charge in [-0.3, -0.25) is 4.57 Å². The van der Waals surface area contributed by atoms with Gasteiger partial charge < -0.3 is 8.83 Å². The topological polar surface area (TPSA) is 69.9 Å². The minimum Gasteiger partial charge on any atom is -0.456 e. The van der Waals surface area contributed by atoms with Crippen LogP contribution in [-0.2, 0) is 0 Å². The van der Waals surface area contributed by atoms with Gasteiger partial charge in [0.2, 0.25) is 5.95 Å². The van der Waals surface area contributed by atoms with Gasteiger partial charge in [0.1, 0.15) is 22.3 Å². The Balaban J connectivity index is 1.31. The Hall–Kier alpha value is -7.05. The molecule has 4 heterocycles. The van der Waals surface area contributed by atoms with E-state index >= 15 is 0 Å². The van der Waals surface area contributed by atoms with Crippen molar-refractivity contribution in [3.63, 3.8) is 0 Å². The van der Waals surface area contributed by atoms with Crippen LogP contribution >= 0.6 is 0 Å².